The van der Waals surface area contributed by atoms with Gasteiger partial charge < -0.3 is 4.74 Å². The fourth-order valence-electron chi connectivity index (χ4n) is 3.51. The summed E-state index contributed by atoms with van der Waals surface area (Å²) < 4.78 is 8.05. The highest BCUT2D eigenvalue weighted by Gasteiger charge is 2.19. The van der Waals surface area contributed by atoms with Gasteiger partial charge in [0, 0.05) is 7.05 Å². The number of fused-ring (bicyclic) bond motifs is 1. The monoisotopic (exact) mass is 448 g/mol. The normalized spacial score (nSPS) is 11.2. The smallest absolute Gasteiger partial charge is 0.348 e. The quantitative estimate of drug-likeness (QED) is 0.413. The van der Waals surface area contributed by atoms with Crippen LogP contribution in [0.15, 0.2) is 70.3 Å². The third kappa shape index (κ3) is 4.29. The molecule has 0 amide bonds. The predicted octanol–water partition coefficient (Wildman–Crippen LogP) is 4.29. The van der Waals surface area contributed by atoms with Crippen LogP contribution in [0.3, 0.4) is 0 Å². The second-order valence-corrected chi connectivity index (χ2v) is 9.05. The van der Waals surface area contributed by atoms with Gasteiger partial charge in [-0.15, -0.1) is 11.3 Å². The maximum atomic E-state index is 13.0. The second kappa shape index (κ2) is 8.96. The average molecular weight is 449 g/mol. The first-order valence-electron chi connectivity index (χ1n) is 10.4. The molecule has 32 heavy (non-hydrogen) atoms. The molecule has 0 radical (unpaired) electrons. The molecular weight excluding hydrogens is 424 g/mol. The van der Waals surface area contributed by atoms with Crippen molar-refractivity contribution in [1.29, 1.82) is 0 Å². The van der Waals surface area contributed by atoms with E-state index in [1.165, 1.54) is 20.8 Å². The lowest BCUT2D eigenvalue weighted by Gasteiger charge is -2.08. The van der Waals surface area contributed by atoms with Crippen LogP contribution in [0.4, 0.5) is 0 Å². The Bertz CT molecular complexity index is 1380. The molecule has 2 heterocycles. The number of hydrogen-bond donors (Lipinski definition) is 0. The Labute approximate surface area is 189 Å². The van der Waals surface area contributed by atoms with Crippen molar-refractivity contribution >= 4 is 27.5 Å². The topological polar surface area (TPSA) is 70.3 Å². The van der Waals surface area contributed by atoms with Crippen molar-refractivity contribution in [2.75, 3.05) is 0 Å². The summed E-state index contributed by atoms with van der Waals surface area (Å²) in [6, 6.07) is 18.8. The summed E-state index contributed by atoms with van der Waals surface area (Å²) in [5, 5.41) is 0.335. The van der Waals surface area contributed by atoms with Crippen LogP contribution in [-0.2, 0) is 24.9 Å². The van der Waals surface area contributed by atoms with Crippen LogP contribution < -0.4 is 11.2 Å². The van der Waals surface area contributed by atoms with Gasteiger partial charge in [-0.2, -0.15) is 0 Å². The minimum absolute atomic E-state index is 0.141. The largest absolute Gasteiger partial charge is 0.457 e. The van der Waals surface area contributed by atoms with E-state index in [-0.39, 0.29) is 13.2 Å². The Kier molecular flexibility index (Phi) is 6.10. The number of aryl methyl sites for hydroxylation is 1. The molecular formula is C25H24N2O4S. The van der Waals surface area contributed by atoms with Crippen LogP contribution in [0.1, 0.15) is 46.1 Å². The highest BCUT2D eigenvalue weighted by atomic mass is 32.1. The molecule has 0 bridgehead atoms. The standard InChI is InChI=1S/C25H24N2O4S/c1-16(2)19-11-9-18(10-12-19)15-31-24(29)21-13-20-22(28)27(14-17-7-5-4-6-8-17)25(30)26(3)23(20)32-21/h4-13,16H,14-15H2,1-3H3. The molecule has 7 heteroatoms. The van der Waals surface area contributed by atoms with Crippen LogP contribution in [0, 0.1) is 0 Å². The Morgan fingerprint density at radius 2 is 1.69 bits per heavy atom. The fourth-order valence-corrected chi connectivity index (χ4v) is 4.51. The lowest BCUT2D eigenvalue weighted by Crippen LogP contribution is -2.38. The summed E-state index contributed by atoms with van der Waals surface area (Å²) in [6.07, 6.45) is 0. The zero-order chi connectivity index (χ0) is 22.8. The Morgan fingerprint density at radius 1 is 1.00 bits per heavy atom. The number of thiophene rings is 1. The van der Waals surface area contributed by atoms with Gasteiger partial charge >= 0.3 is 11.7 Å². The molecule has 0 fully saturated rings. The van der Waals surface area contributed by atoms with Gasteiger partial charge in [-0.3, -0.25) is 13.9 Å². The van der Waals surface area contributed by atoms with Gasteiger partial charge in [-0.1, -0.05) is 68.4 Å². The van der Waals surface area contributed by atoms with Crippen molar-refractivity contribution in [2.24, 2.45) is 7.05 Å². The molecule has 0 atom stereocenters. The first-order valence-corrected chi connectivity index (χ1v) is 11.2. The van der Waals surface area contributed by atoms with Crippen molar-refractivity contribution in [3.8, 4) is 0 Å². The number of esters is 1. The first kappa shape index (κ1) is 21.8. The molecule has 164 valence electrons. The molecule has 6 nitrogen and oxygen atoms in total. The van der Waals surface area contributed by atoms with Crippen LogP contribution in [0.2, 0.25) is 0 Å². The number of nitrogens with zero attached hydrogens (tertiary/aromatic N) is 2. The minimum Gasteiger partial charge on any atom is -0.457 e. The van der Waals surface area contributed by atoms with E-state index in [0.717, 1.165) is 22.5 Å². The number of ether oxygens (including phenoxy) is 1. The molecule has 0 N–H and O–H groups in total. The maximum Gasteiger partial charge on any atom is 0.348 e. The average Bonchev–Trinajstić information content (AvgIpc) is 3.26. The van der Waals surface area contributed by atoms with E-state index in [0.29, 0.717) is 21.0 Å². The predicted molar refractivity (Wildman–Crippen MR) is 127 cm³/mol. The lowest BCUT2D eigenvalue weighted by atomic mass is 10.0. The van der Waals surface area contributed by atoms with Crippen LogP contribution in [0.25, 0.3) is 10.2 Å². The summed E-state index contributed by atoms with van der Waals surface area (Å²) in [5.41, 5.74) is 2.13. The third-order valence-corrected chi connectivity index (χ3v) is 6.60. The van der Waals surface area contributed by atoms with E-state index in [4.69, 9.17) is 4.74 Å². The summed E-state index contributed by atoms with van der Waals surface area (Å²) in [4.78, 5) is 39.2. The van der Waals surface area contributed by atoms with Crippen LogP contribution in [-0.4, -0.2) is 15.1 Å². The Balaban J connectivity index is 1.59. The number of aromatic nitrogens is 2. The second-order valence-electron chi connectivity index (χ2n) is 8.02. The number of rotatable bonds is 6. The highest BCUT2D eigenvalue weighted by molar-refractivity contribution is 7.20. The van der Waals surface area contributed by atoms with E-state index in [1.807, 2.05) is 54.6 Å². The van der Waals surface area contributed by atoms with Crippen molar-refractivity contribution in [3.63, 3.8) is 0 Å². The number of carbonyl (C=O) groups is 1. The van der Waals surface area contributed by atoms with E-state index >= 15 is 0 Å². The van der Waals surface area contributed by atoms with Crippen molar-refractivity contribution < 1.29 is 9.53 Å². The van der Waals surface area contributed by atoms with Crippen LogP contribution in [0.5, 0.6) is 0 Å². The summed E-state index contributed by atoms with van der Waals surface area (Å²) in [7, 11) is 1.60. The van der Waals surface area contributed by atoms with Crippen LogP contribution >= 0.6 is 11.3 Å². The molecule has 2 aromatic carbocycles. The molecule has 0 aliphatic rings. The van der Waals surface area contributed by atoms with Crippen molar-refractivity contribution in [1.82, 2.24) is 9.13 Å². The van der Waals surface area contributed by atoms with E-state index in [9.17, 15) is 14.4 Å². The molecule has 0 aliphatic carbocycles. The summed E-state index contributed by atoms with van der Waals surface area (Å²) >= 11 is 1.09. The van der Waals surface area contributed by atoms with E-state index in [2.05, 4.69) is 13.8 Å². The number of carbonyl (C=O) groups excluding carboxylic acids is 1. The zero-order valence-electron chi connectivity index (χ0n) is 18.2. The molecule has 0 saturated carbocycles. The molecule has 0 spiro atoms. The summed E-state index contributed by atoms with van der Waals surface area (Å²) in [6.45, 7) is 4.56. The van der Waals surface area contributed by atoms with Gasteiger partial charge in [-0.25, -0.2) is 9.59 Å². The Hall–Kier alpha value is -3.45. The molecule has 4 rings (SSSR count). The van der Waals surface area contributed by atoms with Gasteiger partial charge in [0.2, 0.25) is 0 Å². The van der Waals surface area contributed by atoms with Gasteiger partial charge in [0.1, 0.15) is 16.3 Å². The maximum absolute atomic E-state index is 13.0. The van der Waals surface area contributed by atoms with Gasteiger partial charge in [0.15, 0.2) is 0 Å². The van der Waals surface area contributed by atoms with Gasteiger partial charge in [0.05, 0.1) is 11.9 Å². The molecule has 0 saturated heterocycles. The minimum atomic E-state index is -0.513. The van der Waals surface area contributed by atoms with Gasteiger partial charge in [0.25, 0.3) is 5.56 Å². The van der Waals surface area contributed by atoms with Gasteiger partial charge in [-0.05, 0) is 28.7 Å². The van der Waals surface area contributed by atoms with E-state index < -0.39 is 17.2 Å². The summed E-state index contributed by atoms with van der Waals surface area (Å²) in [5.74, 6) is -0.0803. The zero-order valence-corrected chi connectivity index (χ0v) is 19.0. The first-order chi connectivity index (χ1) is 15.3. The van der Waals surface area contributed by atoms with Crippen molar-refractivity contribution in [2.45, 2.75) is 32.9 Å². The molecule has 4 aromatic rings. The number of hydrogen-bond acceptors (Lipinski definition) is 5. The van der Waals surface area contributed by atoms with Crippen molar-refractivity contribution in [3.05, 3.63) is 103 Å². The fraction of sp³-hybridized carbons (Fsp3) is 0.240. The third-order valence-electron chi connectivity index (χ3n) is 5.41. The lowest BCUT2D eigenvalue weighted by molar-refractivity contribution is 0.0478. The highest BCUT2D eigenvalue weighted by Crippen LogP contribution is 2.23. The molecule has 2 aromatic heterocycles. The van der Waals surface area contributed by atoms with E-state index in [1.54, 1.807) is 7.05 Å². The molecule has 0 aliphatic heterocycles. The Morgan fingerprint density at radius 3 is 2.34 bits per heavy atom. The molecule has 0 unspecified atom stereocenters. The SMILES string of the molecule is CC(C)c1ccc(COC(=O)c2cc3c(=O)n(Cc4ccccc4)c(=O)n(C)c3s2)cc1. The number of benzene rings is 2.